The lowest BCUT2D eigenvalue weighted by molar-refractivity contribution is 0.485. The van der Waals surface area contributed by atoms with E-state index in [1.807, 2.05) is 0 Å². The Hall–Kier alpha value is -3.81. The van der Waals surface area contributed by atoms with Gasteiger partial charge in [-0.3, -0.25) is 0 Å². The SMILES string of the molecule is C[C@@H](C[C@@H]1CCN(c2nccnc2Cl)C1)c1cccc2ccccc12.C[C@@H](C[C@@H]1CCNC1)c1cccc2ccccc12.Clc1nccnc1Cl. The maximum absolute atomic E-state index is 6.20. The molecule has 2 aliphatic rings. The Kier molecular flexibility index (Phi) is 13.1. The normalized spacial score (nSPS) is 18.1. The van der Waals surface area contributed by atoms with Gasteiger partial charge in [-0.25, -0.2) is 19.9 Å². The zero-order valence-corrected chi connectivity index (χ0v) is 31.5. The molecular formula is C42H45Cl3N6. The molecule has 0 saturated carbocycles. The monoisotopic (exact) mass is 738 g/mol. The van der Waals surface area contributed by atoms with Gasteiger partial charge in [-0.15, -0.1) is 0 Å². The van der Waals surface area contributed by atoms with Gasteiger partial charge in [0.25, 0.3) is 0 Å². The number of nitrogens with one attached hydrogen (secondary N) is 1. The number of aromatic nitrogens is 4. The van der Waals surface area contributed by atoms with E-state index < -0.39 is 0 Å². The minimum Gasteiger partial charge on any atom is -0.354 e. The predicted octanol–water partition coefficient (Wildman–Crippen LogP) is 11.0. The average molecular weight is 740 g/mol. The highest BCUT2D eigenvalue weighted by Crippen LogP contribution is 2.35. The van der Waals surface area contributed by atoms with Gasteiger partial charge >= 0.3 is 0 Å². The first-order chi connectivity index (χ1) is 24.9. The summed E-state index contributed by atoms with van der Waals surface area (Å²) >= 11 is 17.0. The van der Waals surface area contributed by atoms with Crippen LogP contribution in [-0.2, 0) is 0 Å². The molecular weight excluding hydrogens is 695 g/mol. The number of halogens is 3. The van der Waals surface area contributed by atoms with Gasteiger partial charge in [0.15, 0.2) is 21.3 Å². The molecule has 2 aliphatic heterocycles. The highest BCUT2D eigenvalue weighted by atomic mass is 35.5. The molecule has 1 N–H and O–H groups in total. The zero-order chi connectivity index (χ0) is 35.6. The summed E-state index contributed by atoms with van der Waals surface area (Å²) in [7, 11) is 0. The van der Waals surface area contributed by atoms with E-state index in [0.29, 0.717) is 22.9 Å². The number of fused-ring (bicyclic) bond motifs is 2. The third-order valence-electron chi connectivity index (χ3n) is 10.1. The Bertz CT molecular complexity index is 1990. The van der Waals surface area contributed by atoms with Gasteiger partial charge in [-0.1, -0.05) is 134 Å². The molecule has 0 bridgehead atoms. The second-order valence-electron chi connectivity index (χ2n) is 13.7. The molecule has 4 atom stereocenters. The summed E-state index contributed by atoms with van der Waals surface area (Å²) in [4.78, 5) is 18.1. The van der Waals surface area contributed by atoms with Crippen molar-refractivity contribution in [2.24, 2.45) is 11.8 Å². The Morgan fingerprint density at radius 3 is 1.67 bits per heavy atom. The molecule has 4 heterocycles. The van der Waals surface area contributed by atoms with Crippen LogP contribution in [-0.4, -0.2) is 46.1 Å². The van der Waals surface area contributed by atoms with Crippen LogP contribution < -0.4 is 10.2 Å². The predicted molar refractivity (Wildman–Crippen MR) is 214 cm³/mol. The molecule has 2 fully saturated rings. The molecule has 0 spiro atoms. The number of rotatable bonds is 7. The lowest BCUT2D eigenvalue weighted by atomic mass is 9.87. The van der Waals surface area contributed by atoms with E-state index in [4.69, 9.17) is 34.8 Å². The third-order valence-corrected chi connectivity index (χ3v) is 11.0. The Morgan fingerprint density at radius 2 is 1.14 bits per heavy atom. The van der Waals surface area contributed by atoms with Crippen LogP contribution in [0, 0.1) is 11.8 Å². The fourth-order valence-corrected chi connectivity index (χ4v) is 8.01. The van der Waals surface area contributed by atoms with Crippen molar-refractivity contribution < 1.29 is 0 Å². The van der Waals surface area contributed by atoms with Crippen LogP contribution in [0.3, 0.4) is 0 Å². The van der Waals surface area contributed by atoms with Crippen molar-refractivity contribution in [3.63, 3.8) is 0 Å². The van der Waals surface area contributed by atoms with Crippen LogP contribution in [0.15, 0.2) is 110 Å². The second-order valence-corrected chi connectivity index (χ2v) is 14.8. The lowest BCUT2D eigenvalue weighted by Crippen LogP contribution is -2.21. The third kappa shape index (κ3) is 9.75. The minimum absolute atomic E-state index is 0.245. The number of nitrogens with zero attached hydrogens (tertiary/aromatic N) is 5. The summed E-state index contributed by atoms with van der Waals surface area (Å²) in [5.41, 5.74) is 2.97. The van der Waals surface area contributed by atoms with Gasteiger partial charge < -0.3 is 10.2 Å². The quantitative estimate of drug-likeness (QED) is 0.176. The van der Waals surface area contributed by atoms with E-state index in [1.54, 1.807) is 12.4 Å². The standard InChI is InChI=1S/C21H22ClN3.C17H21N.C4H2Cl2N2/c1-15(18-8-4-6-17-5-2-3-7-19(17)18)13-16-9-12-25(14-16)21-20(22)23-10-11-24-21;1-13(11-14-9-10-18-12-14)16-8-4-6-15-5-2-3-7-17(15)16;5-3-4(6)8-2-1-7-3/h2-8,10-11,15-16H,9,12-14H2,1H3;2-8,13-14,18H,9-12H2,1H3;1-2H/t15-,16-;13-,14-;/m00./s1. The number of hydrogen-bond acceptors (Lipinski definition) is 6. The Morgan fingerprint density at radius 1 is 0.627 bits per heavy atom. The molecule has 0 unspecified atom stereocenters. The summed E-state index contributed by atoms with van der Waals surface area (Å²) < 4.78 is 0. The van der Waals surface area contributed by atoms with Crippen LogP contribution >= 0.6 is 34.8 Å². The van der Waals surface area contributed by atoms with Crippen LogP contribution in [0.25, 0.3) is 21.5 Å². The van der Waals surface area contributed by atoms with Crippen LogP contribution in [0.5, 0.6) is 0 Å². The molecule has 0 amide bonds. The topological polar surface area (TPSA) is 66.8 Å². The van der Waals surface area contributed by atoms with E-state index in [-0.39, 0.29) is 10.3 Å². The first-order valence-corrected chi connectivity index (χ1v) is 19.0. The fraction of sp³-hybridized carbons (Fsp3) is 0.333. The van der Waals surface area contributed by atoms with E-state index in [0.717, 1.165) is 24.8 Å². The maximum atomic E-state index is 6.20. The van der Waals surface area contributed by atoms with E-state index in [2.05, 4.69) is 129 Å². The van der Waals surface area contributed by atoms with Gasteiger partial charge in [0.05, 0.1) is 0 Å². The molecule has 6 nitrogen and oxygen atoms in total. The summed E-state index contributed by atoms with van der Waals surface area (Å²) in [5.74, 6) is 3.53. The van der Waals surface area contributed by atoms with E-state index >= 15 is 0 Å². The van der Waals surface area contributed by atoms with Crippen molar-refractivity contribution in [1.29, 1.82) is 0 Å². The average Bonchev–Trinajstić information content (AvgIpc) is 3.85. The van der Waals surface area contributed by atoms with Gasteiger partial charge in [0, 0.05) is 37.9 Å². The molecule has 8 rings (SSSR count). The molecule has 0 radical (unpaired) electrons. The van der Waals surface area contributed by atoms with Crippen molar-refractivity contribution in [2.45, 2.75) is 51.4 Å². The van der Waals surface area contributed by atoms with Crippen molar-refractivity contribution in [3.05, 3.63) is 136 Å². The van der Waals surface area contributed by atoms with Crippen LogP contribution in [0.2, 0.25) is 15.5 Å². The molecule has 2 saturated heterocycles. The summed E-state index contributed by atoms with van der Waals surface area (Å²) in [5, 5.41) is 9.96. The molecule has 264 valence electrons. The van der Waals surface area contributed by atoms with Crippen molar-refractivity contribution >= 4 is 62.2 Å². The first kappa shape index (κ1) is 37.0. The first-order valence-electron chi connectivity index (χ1n) is 17.9. The lowest BCUT2D eigenvalue weighted by Gasteiger charge is -2.20. The van der Waals surface area contributed by atoms with Gasteiger partial charge in [-0.2, -0.15) is 0 Å². The highest BCUT2D eigenvalue weighted by Gasteiger charge is 2.27. The molecule has 2 aromatic heterocycles. The molecule has 6 aromatic rings. The minimum atomic E-state index is 0.245. The van der Waals surface area contributed by atoms with Crippen molar-refractivity contribution in [2.75, 3.05) is 31.1 Å². The number of anilines is 1. The molecule has 51 heavy (non-hydrogen) atoms. The maximum Gasteiger partial charge on any atom is 0.171 e. The fourth-order valence-electron chi connectivity index (χ4n) is 7.58. The molecule has 4 aromatic carbocycles. The van der Waals surface area contributed by atoms with E-state index in [9.17, 15) is 0 Å². The smallest absolute Gasteiger partial charge is 0.171 e. The summed E-state index contributed by atoms with van der Waals surface area (Å²) in [6.45, 7) is 9.14. The van der Waals surface area contributed by atoms with Crippen molar-refractivity contribution in [3.8, 4) is 0 Å². The summed E-state index contributed by atoms with van der Waals surface area (Å²) in [6.07, 6.45) is 11.3. The second kappa shape index (κ2) is 18.1. The Balaban J connectivity index is 0.000000150. The molecule has 9 heteroatoms. The van der Waals surface area contributed by atoms with Crippen LogP contribution in [0.4, 0.5) is 5.82 Å². The van der Waals surface area contributed by atoms with Crippen molar-refractivity contribution in [1.82, 2.24) is 25.3 Å². The number of benzene rings is 4. The Labute approximate surface area is 316 Å². The van der Waals surface area contributed by atoms with Gasteiger partial charge in [-0.05, 0) is 95.1 Å². The highest BCUT2D eigenvalue weighted by molar-refractivity contribution is 6.40. The van der Waals surface area contributed by atoms with Gasteiger partial charge in [0.1, 0.15) is 0 Å². The molecule has 0 aliphatic carbocycles. The number of hydrogen-bond donors (Lipinski definition) is 1. The van der Waals surface area contributed by atoms with Gasteiger partial charge in [0.2, 0.25) is 0 Å². The van der Waals surface area contributed by atoms with E-state index in [1.165, 1.54) is 83.8 Å². The summed E-state index contributed by atoms with van der Waals surface area (Å²) in [6, 6.07) is 30.8. The van der Waals surface area contributed by atoms with Crippen LogP contribution in [0.1, 0.15) is 62.5 Å². The largest absolute Gasteiger partial charge is 0.354 e. The zero-order valence-electron chi connectivity index (χ0n) is 29.2.